The molecular weight excluding hydrogens is 276 g/mol. The maximum absolute atomic E-state index is 12.3. The van der Waals surface area contributed by atoms with Gasteiger partial charge >= 0.3 is 0 Å². The molecule has 0 atom stereocenters. The minimum atomic E-state index is -0.0260. The fourth-order valence-corrected chi connectivity index (χ4v) is 3.22. The second-order valence-corrected chi connectivity index (χ2v) is 7.01. The van der Waals surface area contributed by atoms with E-state index in [1.807, 2.05) is 6.08 Å². The van der Waals surface area contributed by atoms with Gasteiger partial charge in [-0.3, -0.25) is 9.69 Å². The minimum absolute atomic E-state index is 0.0260. The molecule has 0 aromatic carbocycles. The first-order chi connectivity index (χ1) is 8.88. The number of thiocarbonyl (C=S) groups is 1. The SMILES string of the molecule is Cc1cc(/C=C2/NC(=S)N(CC(C)C)C2=O)c(C)s1. The summed E-state index contributed by atoms with van der Waals surface area (Å²) in [7, 11) is 0. The first-order valence-electron chi connectivity index (χ1n) is 6.30. The maximum atomic E-state index is 12.3. The Balaban J connectivity index is 2.25. The number of hydrogen-bond acceptors (Lipinski definition) is 3. The molecule has 19 heavy (non-hydrogen) atoms. The molecule has 102 valence electrons. The van der Waals surface area contributed by atoms with E-state index in [0.29, 0.717) is 23.3 Å². The summed E-state index contributed by atoms with van der Waals surface area (Å²) in [4.78, 5) is 16.4. The minimum Gasteiger partial charge on any atom is -0.328 e. The monoisotopic (exact) mass is 294 g/mol. The summed E-state index contributed by atoms with van der Waals surface area (Å²) in [5.74, 6) is 0.370. The van der Waals surface area contributed by atoms with Gasteiger partial charge in [0.05, 0.1) is 0 Å². The molecule has 0 bridgehead atoms. The third kappa shape index (κ3) is 3.04. The average molecular weight is 294 g/mol. The zero-order chi connectivity index (χ0) is 14.2. The summed E-state index contributed by atoms with van der Waals surface area (Å²) in [6.07, 6.45) is 1.90. The topological polar surface area (TPSA) is 32.3 Å². The van der Waals surface area contributed by atoms with E-state index in [0.717, 1.165) is 5.56 Å². The van der Waals surface area contributed by atoms with Crippen molar-refractivity contribution in [2.45, 2.75) is 27.7 Å². The van der Waals surface area contributed by atoms with Crippen molar-refractivity contribution in [2.24, 2.45) is 5.92 Å². The molecule has 3 nitrogen and oxygen atoms in total. The number of rotatable bonds is 3. The Morgan fingerprint density at radius 1 is 1.47 bits per heavy atom. The fourth-order valence-electron chi connectivity index (χ4n) is 2.05. The van der Waals surface area contributed by atoms with Gasteiger partial charge in [-0.05, 0) is 49.7 Å². The van der Waals surface area contributed by atoms with Crippen LogP contribution in [0.3, 0.4) is 0 Å². The predicted molar refractivity (Wildman–Crippen MR) is 84.1 cm³/mol. The van der Waals surface area contributed by atoms with Crippen LogP contribution in [0.15, 0.2) is 11.8 Å². The molecule has 1 aromatic rings. The molecular formula is C14H18N2OS2. The molecule has 0 radical (unpaired) electrons. The highest BCUT2D eigenvalue weighted by molar-refractivity contribution is 7.80. The van der Waals surface area contributed by atoms with E-state index < -0.39 is 0 Å². The Labute approximate surface area is 123 Å². The molecule has 5 heteroatoms. The molecule has 1 aromatic heterocycles. The number of nitrogens with one attached hydrogen (secondary N) is 1. The van der Waals surface area contributed by atoms with E-state index >= 15 is 0 Å². The average Bonchev–Trinajstić information content (AvgIpc) is 2.74. The lowest BCUT2D eigenvalue weighted by Gasteiger charge is -2.15. The fraction of sp³-hybridized carbons (Fsp3) is 0.429. The van der Waals surface area contributed by atoms with Crippen LogP contribution in [0, 0.1) is 19.8 Å². The molecule has 2 rings (SSSR count). The number of hydrogen-bond donors (Lipinski definition) is 1. The summed E-state index contributed by atoms with van der Waals surface area (Å²) in [6, 6.07) is 2.09. The summed E-state index contributed by atoms with van der Waals surface area (Å²) in [5.41, 5.74) is 1.67. The maximum Gasteiger partial charge on any atom is 0.276 e. The summed E-state index contributed by atoms with van der Waals surface area (Å²) in [5, 5.41) is 3.53. The quantitative estimate of drug-likeness (QED) is 0.687. The van der Waals surface area contributed by atoms with Crippen molar-refractivity contribution in [3.8, 4) is 0 Å². The van der Waals surface area contributed by atoms with E-state index in [9.17, 15) is 4.79 Å². The lowest BCUT2D eigenvalue weighted by Crippen LogP contribution is -2.33. The number of thiophene rings is 1. The van der Waals surface area contributed by atoms with E-state index in [1.54, 1.807) is 16.2 Å². The molecule has 0 spiro atoms. The Morgan fingerprint density at radius 2 is 2.16 bits per heavy atom. The third-order valence-electron chi connectivity index (χ3n) is 2.89. The molecule has 1 saturated heterocycles. The van der Waals surface area contributed by atoms with Crippen molar-refractivity contribution < 1.29 is 4.79 Å². The van der Waals surface area contributed by atoms with Crippen LogP contribution in [-0.4, -0.2) is 22.5 Å². The summed E-state index contributed by atoms with van der Waals surface area (Å²) >= 11 is 6.96. The van der Waals surface area contributed by atoms with Crippen LogP contribution < -0.4 is 5.32 Å². The highest BCUT2D eigenvalue weighted by Gasteiger charge is 2.30. The van der Waals surface area contributed by atoms with Crippen LogP contribution in [0.25, 0.3) is 6.08 Å². The van der Waals surface area contributed by atoms with Crippen molar-refractivity contribution in [3.05, 3.63) is 27.1 Å². The van der Waals surface area contributed by atoms with Crippen LogP contribution in [0.1, 0.15) is 29.2 Å². The van der Waals surface area contributed by atoms with Crippen molar-refractivity contribution in [1.82, 2.24) is 10.2 Å². The molecule has 0 unspecified atom stereocenters. The zero-order valence-corrected chi connectivity index (χ0v) is 13.2. The van der Waals surface area contributed by atoms with E-state index in [4.69, 9.17) is 12.2 Å². The van der Waals surface area contributed by atoms with Crippen molar-refractivity contribution >= 4 is 40.7 Å². The van der Waals surface area contributed by atoms with Crippen molar-refractivity contribution in [1.29, 1.82) is 0 Å². The molecule has 1 fully saturated rings. The molecule has 1 amide bonds. The van der Waals surface area contributed by atoms with Gasteiger partial charge in [-0.1, -0.05) is 13.8 Å². The number of nitrogens with zero attached hydrogens (tertiary/aromatic N) is 1. The molecule has 2 heterocycles. The Bertz CT molecular complexity index is 558. The third-order valence-corrected chi connectivity index (χ3v) is 4.19. The van der Waals surface area contributed by atoms with Crippen LogP contribution in [0.5, 0.6) is 0 Å². The highest BCUT2D eigenvalue weighted by Crippen LogP contribution is 2.24. The standard InChI is InChI=1S/C14H18N2OS2/c1-8(2)7-16-13(17)12(15-14(16)18)6-11-5-9(3)19-10(11)4/h5-6,8H,7H2,1-4H3,(H,15,18)/b12-6+. The summed E-state index contributed by atoms with van der Waals surface area (Å²) in [6.45, 7) is 8.94. The molecule has 0 aliphatic carbocycles. The zero-order valence-electron chi connectivity index (χ0n) is 11.6. The normalized spacial score (nSPS) is 17.7. The van der Waals surface area contributed by atoms with Gasteiger partial charge in [0.1, 0.15) is 5.70 Å². The smallest absolute Gasteiger partial charge is 0.276 e. The summed E-state index contributed by atoms with van der Waals surface area (Å²) < 4.78 is 0. The van der Waals surface area contributed by atoms with Crippen molar-refractivity contribution in [2.75, 3.05) is 6.54 Å². The van der Waals surface area contributed by atoms with Gasteiger partial charge in [0.25, 0.3) is 5.91 Å². The van der Waals surface area contributed by atoms with Gasteiger partial charge in [0.15, 0.2) is 5.11 Å². The van der Waals surface area contributed by atoms with Crippen LogP contribution >= 0.6 is 23.6 Å². The largest absolute Gasteiger partial charge is 0.328 e. The molecule has 1 N–H and O–H groups in total. The van der Waals surface area contributed by atoms with E-state index in [1.165, 1.54) is 9.75 Å². The Kier molecular flexibility index (Phi) is 4.06. The lowest BCUT2D eigenvalue weighted by molar-refractivity contribution is -0.122. The van der Waals surface area contributed by atoms with Gasteiger partial charge in [0, 0.05) is 16.3 Å². The van der Waals surface area contributed by atoms with Gasteiger partial charge in [-0.25, -0.2) is 0 Å². The predicted octanol–water partition coefficient (Wildman–Crippen LogP) is 3.08. The van der Waals surface area contributed by atoms with E-state index in [-0.39, 0.29) is 5.91 Å². The highest BCUT2D eigenvalue weighted by atomic mass is 32.1. The van der Waals surface area contributed by atoms with E-state index in [2.05, 4.69) is 39.1 Å². The molecule has 0 saturated carbocycles. The van der Waals surface area contributed by atoms with Crippen LogP contribution in [-0.2, 0) is 4.79 Å². The van der Waals surface area contributed by atoms with Crippen LogP contribution in [0.4, 0.5) is 0 Å². The van der Waals surface area contributed by atoms with Crippen LogP contribution in [0.2, 0.25) is 0 Å². The first-order valence-corrected chi connectivity index (χ1v) is 7.52. The number of aryl methyl sites for hydroxylation is 2. The van der Waals surface area contributed by atoms with Gasteiger partial charge in [-0.15, -0.1) is 11.3 Å². The first kappa shape index (κ1) is 14.2. The Hall–Kier alpha value is -1.20. The second-order valence-electron chi connectivity index (χ2n) is 5.17. The van der Waals surface area contributed by atoms with Crippen molar-refractivity contribution in [3.63, 3.8) is 0 Å². The Morgan fingerprint density at radius 3 is 2.68 bits per heavy atom. The molecule has 1 aliphatic rings. The van der Waals surface area contributed by atoms with Gasteiger partial charge in [-0.2, -0.15) is 0 Å². The lowest BCUT2D eigenvalue weighted by atomic mass is 10.2. The van der Waals surface area contributed by atoms with Gasteiger partial charge in [0.2, 0.25) is 0 Å². The number of amides is 1. The number of carbonyl (C=O) groups excluding carboxylic acids is 1. The number of carbonyl (C=O) groups is 1. The second kappa shape index (κ2) is 5.43. The van der Waals surface area contributed by atoms with Gasteiger partial charge < -0.3 is 5.32 Å². The molecule has 1 aliphatic heterocycles.